The van der Waals surface area contributed by atoms with Crippen molar-refractivity contribution in [2.75, 3.05) is 0 Å². The summed E-state index contributed by atoms with van der Waals surface area (Å²) < 4.78 is 0. The molecule has 0 saturated heterocycles. The number of rotatable bonds is 2. The zero-order chi connectivity index (χ0) is 7.61. The highest BCUT2D eigenvalue weighted by atomic mass is 14.4. The maximum atomic E-state index is 2.43. The molecule has 1 aliphatic rings. The molecular weight excluding hydrogens is 120 g/mol. The van der Waals surface area contributed by atoms with Gasteiger partial charge in [0.1, 0.15) is 0 Å². The maximum Gasteiger partial charge on any atom is -0.0326 e. The molecule has 0 amide bonds. The molecule has 0 N–H and O–H groups in total. The summed E-state index contributed by atoms with van der Waals surface area (Å²) in [5, 5.41) is 0. The van der Waals surface area contributed by atoms with Crippen molar-refractivity contribution in [1.29, 1.82) is 0 Å². The van der Waals surface area contributed by atoms with Gasteiger partial charge in [0.25, 0.3) is 0 Å². The Morgan fingerprint density at radius 2 is 2.10 bits per heavy atom. The molecular formula is C10H20. The summed E-state index contributed by atoms with van der Waals surface area (Å²) in [6.45, 7) is 7.16. The van der Waals surface area contributed by atoms with Crippen LogP contribution in [0.15, 0.2) is 0 Å². The summed E-state index contributed by atoms with van der Waals surface area (Å²) in [7, 11) is 0. The van der Waals surface area contributed by atoms with Gasteiger partial charge in [-0.3, -0.25) is 0 Å². The van der Waals surface area contributed by atoms with Crippen LogP contribution in [0.1, 0.15) is 52.9 Å². The van der Waals surface area contributed by atoms with Gasteiger partial charge in [-0.25, -0.2) is 0 Å². The van der Waals surface area contributed by atoms with Crippen molar-refractivity contribution in [3.63, 3.8) is 0 Å². The highest BCUT2D eigenvalue weighted by molar-refractivity contribution is 4.84. The standard InChI is InChI=1S/C10H20/c1-4-6-9-7-5-8-10(9,2)3/h9H,4-8H2,1-3H3. The van der Waals surface area contributed by atoms with Crippen LogP contribution in [0.25, 0.3) is 0 Å². The second kappa shape index (κ2) is 2.94. The van der Waals surface area contributed by atoms with Crippen LogP contribution in [0.3, 0.4) is 0 Å². The van der Waals surface area contributed by atoms with E-state index in [0.29, 0.717) is 5.41 Å². The van der Waals surface area contributed by atoms with Crippen molar-refractivity contribution < 1.29 is 0 Å². The van der Waals surface area contributed by atoms with Gasteiger partial charge in [-0.15, -0.1) is 0 Å². The number of hydrogen-bond donors (Lipinski definition) is 0. The van der Waals surface area contributed by atoms with Crippen molar-refractivity contribution in [3.05, 3.63) is 0 Å². The van der Waals surface area contributed by atoms with E-state index >= 15 is 0 Å². The molecule has 0 heteroatoms. The predicted molar refractivity (Wildman–Crippen MR) is 46.0 cm³/mol. The molecule has 0 spiro atoms. The van der Waals surface area contributed by atoms with Gasteiger partial charge >= 0.3 is 0 Å². The predicted octanol–water partition coefficient (Wildman–Crippen LogP) is 3.61. The molecule has 0 aromatic heterocycles. The third-order valence-corrected chi connectivity index (χ3v) is 3.12. The van der Waals surface area contributed by atoms with Crippen LogP contribution in [-0.4, -0.2) is 0 Å². The molecule has 10 heavy (non-hydrogen) atoms. The zero-order valence-corrected chi connectivity index (χ0v) is 7.61. The summed E-state index contributed by atoms with van der Waals surface area (Å²) in [6, 6.07) is 0. The van der Waals surface area contributed by atoms with E-state index in [1.807, 2.05) is 0 Å². The third-order valence-electron chi connectivity index (χ3n) is 3.12. The first-order chi connectivity index (χ1) is 4.67. The SMILES string of the molecule is CCCC1CCCC1(C)C. The summed E-state index contributed by atoms with van der Waals surface area (Å²) in [4.78, 5) is 0. The Morgan fingerprint density at radius 1 is 1.40 bits per heavy atom. The van der Waals surface area contributed by atoms with Crippen LogP contribution in [0, 0.1) is 11.3 Å². The lowest BCUT2D eigenvalue weighted by molar-refractivity contribution is 0.244. The van der Waals surface area contributed by atoms with Crippen LogP contribution >= 0.6 is 0 Å². The first kappa shape index (κ1) is 8.10. The van der Waals surface area contributed by atoms with E-state index in [1.165, 1.54) is 32.1 Å². The highest BCUT2D eigenvalue weighted by Crippen LogP contribution is 2.44. The fraction of sp³-hybridized carbons (Fsp3) is 1.00. The van der Waals surface area contributed by atoms with Crippen LogP contribution in [0.4, 0.5) is 0 Å². The average molecular weight is 140 g/mol. The molecule has 1 atom stereocenters. The smallest absolute Gasteiger partial charge is 0.0326 e. The molecule has 0 nitrogen and oxygen atoms in total. The molecule has 1 aliphatic carbocycles. The topological polar surface area (TPSA) is 0 Å². The van der Waals surface area contributed by atoms with Crippen molar-refractivity contribution >= 4 is 0 Å². The normalized spacial score (nSPS) is 30.9. The Morgan fingerprint density at radius 3 is 2.50 bits per heavy atom. The van der Waals surface area contributed by atoms with E-state index in [2.05, 4.69) is 20.8 Å². The first-order valence-corrected chi connectivity index (χ1v) is 4.67. The minimum absolute atomic E-state index is 0.663. The average Bonchev–Trinajstić information content (AvgIpc) is 2.13. The molecule has 0 heterocycles. The van der Waals surface area contributed by atoms with E-state index in [4.69, 9.17) is 0 Å². The minimum atomic E-state index is 0.663. The van der Waals surface area contributed by atoms with Gasteiger partial charge in [0.05, 0.1) is 0 Å². The zero-order valence-electron chi connectivity index (χ0n) is 7.61. The van der Waals surface area contributed by atoms with Crippen LogP contribution in [-0.2, 0) is 0 Å². The third kappa shape index (κ3) is 1.53. The van der Waals surface area contributed by atoms with Crippen molar-refractivity contribution in [2.24, 2.45) is 11.3 Å². The van der Waals surface area contributed by atoms with Crippen LogP contribution in [0.2, 0.25) is 0 Å². The van der Waals surface area contributed by atoms with Gasteiger partial charge in [0.2, 0.25) is 0 Å². The van der Waals surface area contributed by atoms with Crippen LogP contribution in [0.5, 0.6) is 0 Å². The van der Waals surface area contributed by atoms with E-state index < -0.39 is 0 Å². The molecule has 0 aliphatic heterocycles. The fourth-order valence-electron chi connectivity index (χ4n) is 2.28. The summed E-state index contributed by atoms with van der Waals surface area (Å²) >= 11 is 0. The maximum absolute atomic E-state index is 2.43. The van der Waals surface area contributed by atoms with Gasteiger partial charge in [-0.2, -0.15) is 0 Å². The highest BCUT2D eigenvalue weighted by Gasteiger charge is 2.33. The van der Waals surface area contributed by atoms with Crippen molar-refractivity contribution in [3.8, 4) is 0 Å². The minimum Gasteiger partial charge on any atom is -0.0654 e. The molecule has 0 radical (unpaired) electrons. The van der Waals surface area contributed by atoms with E-state index in [-0.39, 0.29) is 0 Å². The lowest BCUT2D eigenvalue weighted by Crippen LogP contribution is -2.16. The monoisotopic (exact) mass is 140 g/mol. The van der Waals surface area contributed by atoms with Crippen LogP contribution < -0.4 is 0 Å². The summed E-state index contributed by atoms with van der Waals surface area (Å²) in [5.74, 6) is 1.03. The van der Waals surface area contributed by atoms with Gasteiger partial charge in [0, 0.05) is 0 Å². The molecule has 1 unspecified atom stereocenters. The Kier molecular flexibility index (Phi) is 2.38. The first-order valence-electron chi connectivity index (χ1n) is 4.67. The van der Waals surface area contributed by atoms with Crippen molar-refractivity contribution in [1.82, 2.24) is 0 Å². The second-order valence-corrected chi connectivity index (χ2v) is 4.37. The van der Waals surface area contributed by atoms with Gasteiger partial charge in [-0.05, 0) is 24.2 Å². The molecule has 0 bridgehead atoms. The Hall–Kier alpha value is 0. The quantitative estimate of drug-likeness (QED) is 0.549. The van der Waals surface area contributed by atoms with E-state index in [1.54, 1.807) is 0 Å². The van der Waals surface area contributed by atoms with E-state index in [0.717, 1.165) is 5.92 Å². The molecule has 1 saturated carbocycles. The second-order valence-electron chi connectivity index (χ2n) is 4.37. The number of hydrogen-bond acceptors (Lipinski definition) is 0. The van der Waals surface area contributed by atoms with Gasteiger partial charge in [0.15, 0.2) is 0 Å². The molecule has 1 rings (SSSR count). The Labute approximate surface area is 65.0 Å². The molecule has 0 aromatic rings. The lowest BCUT2D eigenvalue weighted by Gasteiger charge is -2.26. The molecule has 60 valence electrons. The van der Waals surface area contributed by atoms with Gasteiger partial charge < -0.3 is 0 Å². The molecule has 0 aromatic carbocycles. The fourth-order valence-corrected chi connectivity index (χ4v) is 2.28. The Balaban J connectivity index is 2.43. The molecule has 1 fully saturated rings. The lowest BCUT2D eigenvalue weighted by atomic mass is 9.79. The van der Waals surface area contributed by atoms with Gasteiger partial charge in [-0.1, -0.05) is 40.0 Å². The largest absolute Gasteiger partial charge is 0.0654 e. The summed E-state index contributed by atoms with van der Waals surface area (Å²) in [5.41, 5.74) is 0.663. The van der Waals surface area contributed by atoms with Crippen molar-refractivity contribution in [2.45, 2.75) is 52.9 Å². The van der Waals surface area contributed by atoms with E-state index in [9.17, 15) is 0 Å². The Bertz CT molecular complexity index is 103. The summed E-state index contributed by atoms with van der Waals surface area (Å²) in [6.07, 6.45) is 7.23.